The predicted molar refractivity (Wildman–Crippen MR) is 102 cm³/mol. The minimum atomic E-state index is -0.541. The highest BCUT2D eigenvalue weighted by molar-refractivity contribution is 5.48. The number of benzene rings is 2. The first-order valence-corrected chi connectivity index (χ1v) is 9.27. The van der Waals surface area contributed by atoms with Gasteiger partial charge < -0.3 is 14.7 Å². The number of rotatable bonds is 7. The third kappa shape index (κ3) is 4.96. The fourth-order valence-electron chi connectivity index (χ4n) is 3.24. The average molecular weight is 358 g/mol. The van der Waals surface area contributed by atoms with Crippen LogP contribution in [0.15, 0.2) is 48.5 Å². The molecule has 1 N–H and O–H groups in total. The molecule has 1 aliphatic heterocycles. The van der Waals surface area contributed by atoms with Crippen molar-refractivity contribution in [1.82, 2.24) is 4.90 Å². The Kier molecular flexibility index (Phi) is 6.47. The SMILES string of the molecule is CCc1ccc(OC[C@H](O)CN2CCN(c3ccccc3F)CC2)cc1. The number of hydrogen-bond acceptors (Lipinski definition) is 4. The first kappa shape index (κ1) is 18.7. The van der Waals surface area contributed by atoms with E-state index in [1.165, 1.54) is 11.6 Å². The highest BCUT2D eigenvalue weighted by Gasteiger charge is 2.21. The average Bonchev–Trinajstić information content (AvgIpc) is 2.68. The Balaban J connectivity index is 1.41. The van der Waals surface area contributed by atoms with Gasteiger partial charge >= 0.3 is 0 Å². The van der Waals surface area contributed by atoms with Crippen LogP contribution in [0.2, 0.25) is 0 Å². The largest absolute Gasteiger partial charge is 0.491 e. The molecule has 2 aromatic rings. The molecule has 5 heteroatoms. The highest BCUT2D eigenvalue weighted by Crippen LogP contribution is 2.20. The smallest absolute Gasteiger partial charge is 0.146 e. The summed E-state index contributed by atoms with van der Waals surface area (Å²) in [6.07, 6.45) is 0.461. The molecule has 0 aliphatic carbocycles. The summed E-state index contributed by atoms with van der Waals surface area (Å²) in [4.78, 5) is 4.26. The summed E-state index contributed by atoms with van der Waals surface area (Å²) in [6.45, 7) is 6.08. The van der Waals surface area contributed by atoms with Crippen molar-refractivity contribution in [2.75, 3.05) is 44.2 Å². The van der Waals surface area contributed by atoms with Crippen molar-refractivity contribution in [2.45, 2.75) is 19.4 Å². The van der Waals surface area contributed by atoms with Gasteiger partial charge in [0.05, 0.1) is 5.69 Å². The summed E-state index contributed by atoms with van der Waals surface area (Å²) >= 11 is 0. The van der Waals surface area contributed by atoms with E-state index in [9.17, 15) is 9.50 Å². The van der Waals surface area contributed by atoms with E-state index in [1.807, 2.05) is 36.4 Å². The lowest BCUT2D eigenvalue weighted by Gasteiger charge is -2.36. The standard InChI is InChI=1S/C21H27FN2O2/c1-2-17-7-9-19(10-8-17)26-16-18(25)15-23-11-13-24(14-12-23)21-6-4-3-5-20(21)22/h3-10,18,25H,2,11-16H2,1H3/t18-/m1/s1. The molecular weight excluding hydrogens is 331 g/mol. The molecule has 140 valence electrons. The van der Waals surface area contributed by atoms with Gasteiger partial charge in [-0.3, -0.25) is 4.90 Å². The van der Waals surface area contributed by atoms with Crippen LogP contribution >= 0.6 is 0 Å². The molecule has 4 nitrogen and oxygen atoms in total. The first-order chi connectivity index (χ1) is 12.7. The van der Waals surface area contributed by atoms with Crippen LogP contribution in [0.4, 0.5) is 10.1 Å². The number of halogens is 1. The summed E-state index contributed by atoms with van der Waals surface area (Å²) < 4.78 is 19.6. The number of ether oxygens (including phenoxy) is 1. The van der Waals surface area contributed by atoms with E-state index in [4.69, 9.17) is 4.74 Å². The molecule has 0 aromatic heterocycles. The van der Waals surface area contributed by atoms with Gasteiger partial charge in [-0.1, -0.05) is 31.2 Å². The molecule has 1 saturated heterocycles. The molecule has 1 atom stereocenters. The van der Waals surface area contributed by atoms with Crippen LogP contribution in [-0.4, -0.2) is 55.4 Å². The lowest BCUT2D eigenvalue weighted by Crippen LogP contribution is -2.49. The van der Waals surface area contributed by atoms with E-state index in [2.05, 4.69) is 16.7 Å². The molecule has 0 saturated carbocycles. The Morgan fingerprint density at radius 3 is 2.38 bits per heavy atom. The van der Waals surface area contributed by atoms with Crippen LogP contribution < -0.4 is 9.64 Å². The molecule has 0 unspecified atom stereocenters. The Morgan fingerprint density at radius 2 is 1.73 bits per heavy atom. The number of anilines is 1. The van der Waals surface area contributed by atoms with Crippen LogP contribution in [0.25, 0.3) is 0 Å². The van der Waals surface area contributed by atoms with Crippen molar-refractivity contribution >= 4 is 5.69 Å². The quantitative estimate of drug-likeness (QED) is 0.826. The maximum atomic E-state index is 13.9. The molecule has 1 fully saturated rings. The summed E-state index contributed by atoms with van der Waals surface area (Å²) in [5.74, 6) is 0.606. The van der Waals surface area contributed by atoms with Crippen LogP contribution in [0.3, 0.4) is 0 Å². The van der Waals surface area contributed by atoms with Gasteiger partial charge in [-0.15, -0.1) is 0 Å². The van der Waals surface area contributed by atoms with E-state index in [0.29, 0.717) is 12.2 Å². The van der Waals surface area contributed by atoms with Crippen molar-refractivity contribution in [3.8, 4) is 5.75 Å². The second kappa shape index (κ2) is 9.01. The van der Waals surface area contributed by atoms with E-state index in [-0.39, 0.29) is 12.4 Å². The van der Waals surface area contributed by atoms with E-state index in [0.717, 1.165) is 38.3 Å². The number of hydrogen-bond donors (Lipinski definition) is 1. The monoisotopic (exact) mass is 358 g/mol. The van der Waals surface area contributed by atoms with Crippen LogP contribution in [0.5, 0.6) is 5.75 Å². The molecule has 0 bridgehead atoms. The zero-order valence-corrected chi connectivity index (χ0v) is 15.3. The number of aryl methyl sites for hydroxylation is 1. The Bertz CT molecular complexity index is 685. The molecular formula is C21H27FN2O2. The second-order valence-electron chi connectivity index (χ2n) is 6.70. The number of β-amino-alcohol motifs (C(OH)–C–C–N with tert-alkyl or cyclic N) is 1. The minimum absolute atomic E-state index is 0.177. The van der Waals surface area contributed by atoms with Gasteiger partial charge in [-0.05, 0) is 36.2 Å². The van der Waals surface area contributed by atoms with Gasteiger partial charge in [-0.25, -0.2) is 4.39 Å². The van der Waals surface area contributed by atoms with Crippen molar-refractivity contribution in [3.63, 3.8) is 0 Å². The highest BCUT2D eigenvalue weighted by atomic mass is 19.1. The molecule has 0 radical (unpaired) electrons. The van der Waals surface area contributed by atoms with E-state index < -0.39 is 6.10 Å². The summed E-state index contributed by atoms with van der Waals surface area (Å²) in [6, 6.07) is 14.9. The number of aliphatic hydroxyl groups is 1. The van der Waals surface area contributed by atoms with Crippen molar-refractivity contribution in [3.05, 3.63) is 59.9 Å². The normalized spacial score (nSPS) is 16.5. The van der Waals surface area contributed by atoms with Crippen LogP contribution in [-0.2, 0) is 6.42 Å². The third-order valence-electron chi connectivity index (χ3n) is 4.81. The van der Waals surface area contributed by atoms with Gasteiger partial charge in [0.2, 0.25) is 0 Å². The van der Waals surface area contributed by atoms with Crippen molar-refractivity contribution in [1.29, 1.82) is 0 Å². The predicted octanol–water partition coefficient (Wildman–Crippen LogP) is 2.95. The molecule has 26 heavy (non-hydrogen) atoms. The van der Waals surface area contributed by atoms with Crippen LogP contribution in [0.1, 0.15) is 12.5 Å². The minimum Gasteiger partial charge on any atom is -0.491 e. The van der Waals surface area contributed by atoms with Gasteiger partial charge in [0.15, 0.2) is 0 Å². The van der Waals surface area contributed by atoms with Gasteiger partial charge in [0.25, 0.3) is 0 Å². The van der Waals surface area contributed by atoms with Gasteiger partial charge in [0, 0.05) is 32.7 Å². The lowest BCUT2D eigenvalue weighted by molar-refractivity contribution is 0.0662. The lowest BCUT2D eigenvalue weighted by atomic mass is 10.2. The Labute approximate surface area is 154 Å². The van der Waals surface area contributed by atoms with Gasteiger partial charge in [0.1, 0.15) is 24.3 Å². The molecule has 1 heterocycles. The maximum Gasteiger partial charge on any atom is 0.146 e. The molecule has 0 amide bonds. The van der Waals surface area contributed by atoms with E-state index >= 15 is 0 Å². The van der Waals surface area contributed by atoms with Gasteiger partial charge in [-0.2, -0.15) is 0 Å². The summed E-state index contributed by atoms with van der Waals surface area (Å²) in [7, 11) is 0. The zero-order valence-electron chi connectivity index (χ0n) is 15.3. The molecule has 2 aromatic carbocycles. The number of piperazine rings is 1. The fraction of sp³-hybridized carbons (Fsp3) is 0.429. The number of nitrogens with zero attached hydrogens (tertiary/aromatic N) is 2. The van der Waals surface area contributed by atoms with E-state index in [1.54, 1.807) is 6.07 Å². The number of aliphatic hydroxyl groups excluding tert-OH is 1. The molecule has 1 aliphatic rings. The van der Waals surface area contributed by atoms with Crippen molar-refractivity contribution in [2.24, 2.45) is 0 Å². The van der Waals surface area contributed by atoms with Crippen LogP contribution in [0, 0.1) is 5.82 Å². The topological polar surface area (TPSA) is 35.9 Å². The Morgan fingerprint density at radius 1 is 1.04 bits per heavy atom. The third-order valence-corrected chi connectivity index (χ3v) is 4.81. The maximum absolute atomic E-state index is 13.9. The Hall–Kier alpha value is -2.11. The molecule has 3 rings (SSSR count). The molecule has 0 spiro atoms. The summed E-state index contributed by atoms with van der Waals surface area (Å²) in [5, 5.41) is 10.3. The zero-order chi connectivity index (χ0) is 18.4. The fourth-order valence-corrected chi connectivity index (χ4v) is 3.24. The summed E-state index contributed by atoms with van der Waals surface area (Å²) in [5.41, 5.74) is 1.93. The van der Waals surface area contributed by atoms with Crippen molar-refractivity contribution < 1.29 is 14.2 Å². The first-order valence-electron chi connectivity index (χ1n) is 9.27. The number of para-hydroxylation sites is 1. The second-order valence-corrected chi connectivity index (χ2v) is 6.70.